The number of benzene rings is 1. The summed E-state index contributed by atoms with van der Waals surface area (Å²) in [5.41, 5.74) is 6.78. The second-order valence-electron chi connectivity index (χ2n) is 7.58. The molecule has 2 aliphatic rings. The number of halogens is 1. The van der Waals surface area contributed by atoms with E-state index in [4.69, 9.17) is 4.99 Å². The summed E-state index contributed by atoms with van der Waals surface area (Å²) >= 11 is 2.49. The first kappa shape index (κ1) is 21.5. The maximum absolute atomic E-state index is 10.6. The molecule has 4 unspecified atom stereocenters. The lowest BCUT2D eigenvalue weighted by Crippen LogP contribution is -2.28. The van der Waals surface area contributed by atoms with Crippen LogP contribution >= 0.6 is 31.2 Å². The van der Waals surface area contributed by atoms with Crippen molar-refractivity contribution in [2.75, 3.05) is 7.05 Å². The van der Waals surface area contributed by atoms with Gasteiger partial charge in [-0.2, -0.15) is 0 Å². The van der Waals surface area contributed by atoms with Crippen molar-refractivity contribution in [3.8, 4) is 0 Å². The third kappa shape index (κ3) is 4.52. The molecule has 1 N–H and O–H groups in total. The van der Waals surface area contributed by atoms with Gasteiger partial charge in [0.1, 0.15) is 0 Å². The van der Waals surface area contributed by atoms with Gasteiger partial charge in [0, 0.05) is 16.9 Å². The van der Waals surface area contributed by atoms with Gasteiger partial charge in [-0.25, -0.2) is 0 Å². The molecule has 4 heteroatoms. The molecule has 148 valence electrons. The van der Waals surface area contributed by atoms with Gasteiger partial charge in [0.2, 0.25) is 0 Å². The lowest BCUT2D eigenvalue weighted by Gasteiger charge is -2.33. The molecule has 0 amide bonds. The Bertz CT molecular complexity index is 879. The first-order chi connectivity index (χ1) is 13.4. The number of hydrogen-bond acceptors (Lipinski definition) is 2. The Morgan fingerprint density at radius 1 is 1.21 bits per heavy atom. The highest BCUT2D eigenvalue weighted by atomic mass is 127. The number of nitrogens with zero attached hydrogens (tertiary/aromatic N) is 1. The molecule has 0 saturated carbocycles. The molecule has 3 rings (SSSR count). The fraction of sp³-hybridized carbons (Fsp3) is 0.375. The number of rotatable bonds is 5. The van der Waals surface area contributed by atoms with Crippen LogP contribution < -0.4 is 0 Å². The predicted octanol–water partition coefficient (Wildman–Crippen LogP) is 6.99. The van der Waals surface area contributed by atoms with E-state index in [9.17, 15) is 5.11 Å². The van der Waals surface area contributed by atoms with Crippen molar-refractivity contribution in [3.05, 3.63) is 81.9 Å². The van der Waals surface area contributed by atoms with Crippen molar-refractivity contribution in [1.82, 2.24) is 0 Å². The summed E-state index contributed by atoms with van der Waals surface area (Å²) in [5, 5.41) is 12.0. The van der Waals surface area contributed by atoms with Crippen LogP contribution in [0.25, 0.3) is 0 Å². The number of aliphatic hydroxyl groups is 1. The quantitative estimate of drug-likeness (QED) is 0.199. The molecule has 4 atom stereocenters. The van der Waals surface area contributed by atoms with Crippen LogP contribution in [-0.2, 0) is 0 Å². The molecule has 0 aliphatic heterocycles. The minimum absolute atomic E-state index is 0.172. The summed E-state index contributed by atoms with van der Waals surface area (Å²) in [6.45, 7) is 6.68. The molecule has 0 fully saturated rings. The van der Waals surface area contributed by atoms with E-state index in [1.165, 1.54) is 27.6 Å². The summed E-state index contributed by atoms with van der Waals surface area (Å²) < 4.78 is 0.343. The standard InChI is InChI=1S/C24H29INOP/c1-15-13-14-20(27)21(22(15)25)17(3)28-24-16(2)9-8-12-19(24)23(26-4)18-10-6-5-7-11-18/h5-7,9-11,13-14,17,21-22,27-28H,8,12H2,1-4H3. The molecular weight excluding hydrogens is 476 g/mol. The van der Waals surface area contributed by atoms with Gasteiger partial charge in [-0.3, -0.25) is 4.99 Å². The van der Waals surface area contributed by atoms with Crippen LogP contribution in [0.3, 0.4) is 0 Å². The SMILES string of the molecule is CN=C(C1=C(PC(C)C2C(O)=CC=C(C)C2I)C(C)=CCC1)c1ccccc1. The Balaban J connectivity index is 1.96. The number of aliphatic hydroxyl groups excluding tert-OH is 1. The predicted molar refractivity (Wildman–Crippen MR) is 132 cm³/mol. The van der Waals surface area contributed by atoms with Crippen LogP contribution in [0, 0.1) is 5.92 Å². The summed E-state index contributed by atoms with van der Waals surface area (Å²) in [7, 11) is 2.55. The average Bonchev–Trinajstić information content (AvgIpc) is 2.69. The van der Waals surface area contributed by atoms with Gasteiger partial charge in [-0.1, -0.05) is 86.2 Å². The van der Waals surface area contributed by atoms with E-state index in [2.05, 4.69) is 79.8 Å². The lowest BCUT2D eigenvalue weighted by atomic mass is 9.91. The number of allylic oxidation sites excluding steroid dienone is 8. The van der Waals surface area contributed by atoms with Crippen LogP contribution in [-0.4, -0.2) is 27.4 Å². The maximum atomic E-state index is 10.6. The Morgan fingerprint density at radius 3 is 2.61 bits per heavy atom. The maximum Gasteiger partial charge on any atom is 0.0973 e. The van der Waals surface area contributed by atoms with Crippen LogP contribution in [0.2, 0.25) is 0 Å². The summed E-state index contributed by atoms with van der Waals surface area (Å²) in [6.07, 6.45) is 8.40. The molecule has 0 bridgehead atoms. The van der Waals surface area contributed by atoms with E-state index in [0.717, 1.165) is 18.6 Å². The zero-order valence-electron chi connectivity index (χ0n) is 17.0. The molecule has 0 radical (unpaired) electrons. The molecule has 1 aromatic carbocycles. The first-order valence-electron chi connectivity index (χ1n) is 9.84. The average molecular weight is 505 g/mol. The highest BCUT2D eigenvalue weighted by molar-refractivity contribution is 14.1. The Labute approximate surface area is 184 Å². The molecule has 28 heavy (non-hydrogen) atoms. The smallest absolute Gasteiger partial charge is 0.0973 e. The topological polar surface area (TPSA) is 32.6 Å². The van der Waals surface area contributed by atoms with Crippen LogP contribution in [0.4, 0.5) is 0 Å². The van der Waals surface area contributed by atoms with Gasteiger partial charge < -0.3 is 5.11 Å². The largest absolute Gasteiger partial charge is 0.512 e. The summed E-state index contributed by atoms with van der Waals surface area (Å²) in [4.78, 5) is 4.69. The van der Waals surface area contributed by atoms with E-state index in [-0.39, 0.29) is 5.92 Å². The van der Waals surface area contributed by atoms with E-state index in [1.54, 1.807) is 0 Å². The molecule has 2 nitrogen and oxygen atoms in total. The zero-order chi connectivity index (χ0) is 20.3. The van der Waals surface area contributed by atoms with Gasteiger partial charge in [-0.05, 0) is 60.4 Å². The zero-order valence-corrected chi connectivity index (χ0v) is 20.2. The second kappa shape index (κ2) is 9.54. The van der Waals surface area contributed by atoms with Gasteiger partial charge in [0.25, 0.3) is 0 Å². The highest BCUT2D eigenvalue weighted by Crippen LogP contribution is 2.48. The summed E-state index contributed by atoms with van der Waals surface area (Å²) in [6, 6.07) is 10.5. The van der Waals surface area contributed by atoms with Crippen LogP contribution in [0.5, 0.6) is 0 Å². The first-order valence-corrected chi connectivity index (χ1v) is 12.2. The summed E-state index contributed by atoms with van der Waals surface area (Å²) in [5.74, 6) is 0.697. The number of hydrogen-bond donors (Lipinski definition) is 1. The van der Waals surface area contributed by atoms with Crippen molar-refractivity contribution in [3.63, 3.8) is 0 Å². The fourth-order valence-corrected chi connectivity index (χ4v) is 7.39. The monoisotopic (exact) mass is 505 g/mol. The van der Waals surface area contributed by atoms with Crippen molar-refractivity contribution in [1.29, 1.82) is 0 Å². The number of aliphatic imine (C=N–C) groups is 1. The van der Waals surface area contributed by atoms with Crippen LogP contribution in [0.1, 0.15) is 39.2 Å². The molecule has 0 saturated heterocycles. The van der Waals surface area contributed by atoms with Gasteiger partial charge in [0.05, 0.1) is 11.5 Å². The van der Waals surface area contributed by atoms with Crippen molar-refractivity contribution < 1.29 is 5.11 Å². The van der Waals surface area contributed by atoms with E-state index < -0.39 is 0 Å². The van der Waals surface area contributed by atoms with E-state index in [1.807, 2.05) is 19.2 Å². The van der Waals surface area contributed by atoms with E-state index >= 15 is 0 Å². The molecule has 0 aromatic heterocycles. The van der Waals surface area contributed by atoms with Crippen molar-refractivity contribution in [2.45, 2.75) is 43.2 Å². The minimum atomic E-state index is 0.172. The highest BCUT2D eigenvalue weighted by Gasteiger charge is 2.33. The number of alkyl halides is 1. The Hall–Kier alpha value is -1.19. The van der Waals surface area contributed by atoms with Gasteiger partial charge in [0.15, 0.2) is 0 Å². The molecule has 2 aliphatic carbocycles. The Kier molecular flexibility index (Phi) is 7.33. The third-order valence-electron chi connectivity index (χ3n) is 5.62. The van der Waals surface area contributed by atoms with Gasteiger partial charge >= 0.3 is 0 Å². The molecule has 1 aromatic rings. The van der Waals surface area contributed by atoms with E-state index in [0.29, 0.717) is 23.9 Å². The van der Waals surface area contributed by atoms with Gasteiger partial charge in [-0.15, -0.1) is 0 Å². The molecule has 0 heterocycles. The lowest BCUT2D eigenvalue weighted by molar-refractivity contribution is 0.328. The molecular formula is C24H29INOP. The Morgan fingerprint density at radius 2 is 1.93 bits per heavy atom. The van der Waals surface area contributed by atoms with Crippen molar-refractivity contribution >= 4 is 36.9 Å². The van der Waals surface area contributed by atoms with Crippen molar-refractivity contribution in [2.24, 2.45) is 10.9 Å². The fourth-order valence-electron chi connectivity index (χ4n) is 4.05. The normalized spacial score (nSPS) is 24.9. The minimum Gasteiger partial charge on any atom is -0.512 e. The third-order valence-corrected chi connectivity index (χ3v) is 9.17. The molecule has 0 spiro atoms. The second-order valence-corrected chi connectivity index (χ2v) is 10.6. The van der Waals surface area contributed by atoms with Crippen LogP contribution in [0.15, 0.2) is 81.3 Å².